The summed E-state index contributed by atoms with van der Waals surface area (Å²) in [4.78, 5) is 16.6. The minimum Gasteiger partial charge on any atom is -0.497 e. The third kappa shape index (κ3) is 4.68. The molecule has 0 radical (unpaired) electrons. The molecule has 0 bridgehead atoms. The molecule has 3 rings (SSSR count). The van der Waals surface area contributed by atoms with Gasteiger partial charge in [0.2, 0.25) is 0 Å². The van der Waals surface area contributed by atoms with E-state index in [1.54, 1.807) is 12.1 Å². The van der Waals surface area contributed by atoms with E-state index in [9.17, 15) is 13.2 Å². The van der Waals surface area contributed by atoms with Crippen molar-refractivity contribution in [3.63, 3.8) is 0 Å². The Morgan fingerprint density at radius 1 is 1.11 bits per heavy atom. The number of benzene rings is 2. The molecule has 2 aromatic carbocycles. The van der Waals surface area contributed by atoms with Crippen molar-refractivity contribution in [2.24, 2.45) is 0 Å². The van der Waals surface area contributed by atoms with Crippen molar-refractivity contribution in [3.05, 3.63) is 71.2 Å². The van der Waals surface area contributed by atoms with Crippen LogP contribution in [-0.2, 0) is 10.0 Å². The van der Waals surface area contributed by atoms with Gasteiger partial charge in [0.15, 0.2) is 5.13 Å². The van der Waals surface area contributed by atoms with Crippen LogP contribution < -0.4 is 14.8 Å². The Balaban J connectivity index is 1.68. The predicted octanol–water partition coefficient (Wildman–Crippen LogP) is 3.44. The lowest BCUT2D eigenvalue weighted by molar-refractivity contribution is 0.0935. The molecule has 1 atom stereocenters. The quantitative estimate of drug-likeness (QED) is 0.614. The Hall–Kier alpha value is -2.91. The summed E-state index contributed by atoms with van der Waals surface area (Å²) >= 11 is 1.04. The van der Waals surface area contributed by atoms with E-state index < -0.39 is 10.0 Å². The summed E-state index contributed by atoms with van der Waals surface area (Å²) in [6.07, 6.45) is 0. The molecule has 1 unspecified atom stereocenters. The number of hydrogen-bond donors (Lipinski definition) is 2. The van der Waals surface area contributed by atoms with E-state index in [4.69, 9.17) is 4.74 Å². The Morgan fingerprint density at radius 3 is 2.43 bits per heavy atom. The molecule has 3 aromatic rings. The Kier molecular flexibility index (Phi) is 5.96. The highest BCUT2D eigenvalue weighted by Gasteiger charge is 2.19. The first-order chi connectivity index (χ1) is 13.4. The molecule has 2 N–H and O–H groups in total. The van der Waals surface area contributed by atoms with Crippen molar-refractivity contribution in [3.8, 4) is 5.75 Å². The lowest BCUT2D eigenvalue weighted by atomic mass is 10.1. The maximum absolute atomic E-state index is 12.5. The van der Waals surface area contributed by atoms with Crippen LogP contribution in [0.15, 0.2) is 64.9 Å². The van der Waals surface area contributed by atoms with Gasteiger partial charge in [0.1, 0.15) is 11.4 Å². The third-order valence-corrected chi connectivity index (χ3v) is 6.22. The van der Waals surface area contributed by atoms with E-state index >= 15 is 0 Å². The van der Waals surface area contributed by atoms with Crippen molar-refractivity contribution in [1.29, 1.82) is 0 Å². The van der Waals surface area contributed by atoms with Gasteiger partial charge in [-0.2, -0.15) is 0 Å². The Labute approximate surface area is 167 Å². The summed E-state index contributed by atoms with van der Waals surface area (Å²) in [5, 5.41) is 4.48. The first kappa shape index (κ1) is 19.8. The van der Waals surface area contributed by atoms with Gasteiger partial charge in [0, 0.05) is 5.38 Å². The summed E-state index contributed by atoms with van der Waals surface area (Å²) in [5.41, 5.74) is 1.12. The van der Waals surface area contributed by atoms with Crippen LogP contribution in [-0.4, -0.2) is 26.4 Å². The number of sulfonamides is 1. The zero-order valence-corrected chi connectivity index (χ0v) is 16.9. The summed E-state index contributed by atoms with van der Waals surface area (Å²) in [6.45, 7) is 1.87. The fourth-order valence-electron chi connectivity index (χ4n) is 2.45. The molecule has 9 heteroatoms. The van der Waals surface area contributed by atoms with Crippen LogP contribution in [0.3, 0.4) is 0 Å². The van der Waals surface area contributed by atoms with Crippen LogP contribution in [0.25, 0.3) is 0 Å². The minimum atomic E-state index is -3.81. The number of thiazole rings is 1. The molecular formula is C19H19N3O4S2. The molecule has 1 heterocycles. The van der Waals surface area contributed by atoms with Gasteiger partial charge in [-0.1, -0.05) is 30.3 Å². The van der Waals surface area contributed by atoms with E-state index in [1.807, 2.05) is 37.3 Å². The number of carbonyl (C=O) groups is 1. The number of ether oxygens (including phenoxy) is 1. The molecule has 1 amide bonds. The number of rotatable bonds is 7. The lowest BCUT2D eigenvalue weighted by Crippen LogP contribution is -2.27. The second kappa shape index (κ2) is 8.41. The van der Waals surface area contributed by atoms with E-state index in [-0.39, 0.29) is 27.7 Å². The van der Waals surface area contributed by atoms with Crippen LogP contribution in [0.2, 0.25) is 0 Å². The number of nitrogens with one attached hydrogen (secondary N) is 2. The highest BCUT2D eigenvalue weighted by molar-refractivity contribution is 7.93. The highest BCUT2D eigenvalue weighted by Crippen LogP contribution is 2.22. The van der Waals surface area contributed by atoms with Crippen LogP contribution in [0.5, 0.6) is 5.75 Å². The van der Waals surface area contributed by atoms with Gasteiger partial charge in [-0.3, -0.25) is 9.52 Å². The van der Waals surface area contributed by atoms with Crippen molar-refractivity contribution in [2.75, 3.05) is 11.8 Å². The molecule has 0 saturated heterocycles. The van der Waals surface area contributed by atoms with Gasteiger partial charge in [-0.25, -0.2) is 13.4 Å². The average molecular weight is 418 g/mol. The molecular weight excluding hydrogens is 398 g/mol. The first-order valence-corrected chi connectivity index (χ1v) is 10.7. The van der Waals surface area contributed by atoms with Crippen molar-refractivity contribution >= 4 is 32.4 Å². The molecule has 1 aromatic heterocycles. The van der Waals surface area contributed by atoms with Crippen LogP contribution in [0, 0.1) is 0 Å². The van der Waals surface area contributed by atoms with E-state index in [2.05, 4.69) is 15.0 Å². The molecule has 0 aliphatic carbocycles. The number of anilines is 1. The Morgan fingerprint density at radius 2 is 1.79 bits per heavy atom. The third-order valence-electron chi connectivity index (χ3n) is 3.98. The topological polar surface area (TPSA) is 97.4 Å². The fourth-order valence-corrected chi connectivity index (χ4v) is 4.39. The average Bonchev–Trinajstić information content (AvgIpc) is 3.16. The van der Waals surface area contributed by atoms with Crippen LogP contribution in [0.1, 0.15) is 29.0 Å². The molecule has 0 spiro atoms. The number of carbonyl (C=O) groups excluding carboxylic acids is 1. The minimum absolute atomic E-state index is 0.0761. The van der Waals surface area contributed by atoms with Gasteiger partial charge in [0.25, 0.3) is 15.9 Å². The molecule has 28 heavy (non-hydrogen) atoms. The monoisotopic (exact) mass is 417 g/mol. The van der Waals surface area contributed by atoms with E-state index in [0.717, 1.165) is 16.9 Å². The summed E-state index contributed by atoms with van der Waals surface area (Å²) in [5.74, 6) is 0.183. The fraction of sp³-hybridized carbons (Fsp3) is 0.158. The molecule has 0 aliphatic rings. The van der Waals surface area contributed by atoms with Crippen molar-refractivity contribution in [2.45, 2.75) is 17.9 Å². The number of aromatic nitrogens is 1. The van der Waals surface area contributed by atoms with Gasteiger partial charge >= 0.3 is 0 Å². The number of hydrogen-bond acceptors (Lipinski definition) is 6. The zero-order valence-electron chi connectivity index (χ0n) is 15.2. The molecule has 0 fully saturated rings. The normalized spacial score (nSPS) is 12.2. The van der Waals surface area contributed by atoms with Crippen LogP contribution in [0.4, 0.5) is 5.13 Å². The van der Waals surface area contributed by atoms with E-state index in [1.165, 1.54) is 24.6 Å². The standard InChI is InChI=1S/C19H19N3O4S2/c1-13(14-6-4-3-5-7-14)20-18(23)17-12-27-19(21-17)22-28(24,25)16-10-8-15(26-2)9-11-16/h3-13H,1-2H3,(H,20,23)(H,21,22). The molecule has 7 nitrogen and oxygen atoms in total. The smallest absolute Gasteiger partial charge is 0.271 e. The van der Waals surface area contributed by atoms with E-state index in [0.29, 0.717) is 5.75 Å². The molecule has 0 saturated carbocycles. The summed E-state index contributed by atoms with van der Waals surface area (Å²) in [7, 11) is -2.30. The number of amides is 1. The summed E-state index contributed by atoms with van der Waals surface area (Å²) in [6, 6.07) is 15.3. The highest BCUT2D eigenvalue weighted by atomic mass is 32.2. The SMILES string of the molecule is COc1ccc(S(=O)(=O)Nc2nc(C(=O)NC(C)c3ccccc3)cs2)cc1. The summed E-state index contributed by atoms with van der Waals surface area (Å²) < 4.78 is 32.3. The lowest BCUT2D eigenvalue weighted by Gasteiger charge is -2.13. The second-order valence-electron chi connectivity index (χ2n) is 5.92. The predicted molar refractivity (Wildman–Crippen MR) is 108 cm³/mol. The number of nitrogens with zero attached hydrogens (tertiary/aromatic N) is 1. The van der Waals surface area contributed by atoms with Gasteiger partial charge < -0.3 is 10.1 Å². The maximum Gasteiger partial charge on any atom is 0.271 e. The molecule has 146 valence electrons. The zero-order chi connectivity index (χ0) is 20.1. The maximum atomic E-state index is 12.5. The Bertz CT molecular complexity index is 1050. The largest absolute Gasteiger partial charge is 0.497 e. The van der Waals surface area contributed by atoms with Crippen LogP contribution >= 0.6 is 11.3 Å². The first-order valence-electron chi connectivity index (χ1n) is 8.37. The molecule has 0 aliphatic heterocycles. The van der Waals surface area contributed by atoms with Gasteiger partial charge in [-0.15, -0.1) is 11.3 Å². The number of methoxy groups -OCH3 is 1. The van der Waals surface area contributed by atoms with Crippen molar-refractivity contribution in [1.82, 2.24) is 10.3 Å². The van der Waals surface area contributed by atoms with Gasteiger partial charge in [-0.05, 0) is 36.8 Å². The van der Waals surface area contributed by atoms with Crippen molar-refractivity contribution < 1.29 is 17.9 Å². The van der Waals surface area contributed by atoms with Gasteiger partial charge in [0.05, 0.1) is 18.0 Å². The second-order valence-corrected chi connectivity index (χ2v) is 8.47.